The van der Waals surface area contributed by atoms with Crippen molar-refractivity contribution in [1.29, 1.82) is 0 Å². The Labute approximate surface area is 167 Å². The number of aromatic nitrogens is 3. The summed E-state index contributed by atoms with van der Waals surface area (Å²) in [7, 11) is 4.49. The first-order valence-corrected chi connectivity index (χ1v) is 8.62. The van der Waals surface area contributed by atoms with Gasteiger partial charge in [-0.1, -0.05) is 6.07 Å². The van der Waals surface area contributed by atoms with Crippen LogP contribution in [0.5, 0.6) is 11.5 Å². The normalized spacial score (nSPS) is 10.7. The van der Waals surface area contributed by atoms with Gasteiger partial charge in [-0.2, -0.15) is 5.10 Å². The van der Waals surface area contributed by atoms with Gasteiger partial charge in [-0.15, -0.1) is 0 Å². The van der Waals surface area contributed by atoms with Crippen LogP contribution < -0.4 is 9.47 Å². The molecule has 148 valence electrons. The molecule has 0 N–H and O–H groups in total. The van der Waals surface area contributed by atoms with Crippen LogP contribution in [-0.4, -0.2) is 40.9 Å². The number of pyridine rings is 1. The fourth-order valence-corrected chi connectivity index (χ4v) is 2.61. The van der Waals surface area contributed by atoms with Crippen LogP contribution in [0.2, 0.25) is 0 Å². The fraction of sp³-hybridized carbons (Fsp3) is 0.143. The van der Waals surface area contributed by atoms with Gasteiger partial charge in [0, 0.05) is 37.3 Å². The summed E-state index contributed by atoms with van der Waals surface area (Å²) in [5.74, 6) is -0.460. The van der Waals surface area contributed by atoms with Crippen molar-refractivity contribution in [3.05, 3.63) is 66.1 Å². The summed E-state index contributed by atoms with van der Waals surface area (Å²) in [4.78, 5) is 28.1. The van der Waals surface area contributed by atoms with Crippen molar-refractivity contribution in [3.63, 3.8) is 0 Å². The molecule has 8 heteroatoms. The van der Waals surface area contributed by atoms with E-state index in [1.807, 2.05) is 6.07 Å². The topological polar surface area (TPSA) is 92.5 Å². The van der Waals surface area contributed by atoms with E-state index in [1.54, 1.807) is 56.0 Å². The van der Waals surface area contributed by atoms with E-state index < -0.39 is 11.9 Å². The molecule has 0 saturated carbocycles. The lowest BCUT2D eigenvalue weighted by molar-refractivity contribution is -0.134. The Morgan fingerprint density at radius 3 is 2.66 bits per heavy atom. The molecule has 8 nitrogen and oxygen atoms in total. The van der Waals surface area contributed by atoms with Crippen molar-refractivity contribution in [2.75, 3.05) is 14.2 Å². The van der Waals surface area contributed by atoms with Crippen molar-refractivity contribution in [2.24, 2.45) is 7.05 Å². The van der Waals surface area contributed by atoms with Crippen LogP contribution in [-0.2, 0) is 16.6 Å². The van der Waals surface area contributed by atoms with Gasteiger partial charge in [0.1, 0.15) is 11.3 Å². The standard InChI is InChI=1S/C21H19N3O5/c1-24-13-16(20(23-24)15-5-4-10-22-12-15)21(26)29-17-8-6-14(11-18(17)27-2)7-9-19(25)28-3/h4-13H,1-3H3. The summed E-state index contributed by atoms with van der Waals surface area (Å²) in [6.07, 6.45) is 7.72. The molecule has 0 bridgehead atoms. The number of carbonyl (C=O) groups excluding carboxylic acids is 2. The number of methoxy groups -OCH3 is 2. The lowest BCUT2D eigenvalue weighted by Gasteiger charge is -2.10. The second kappa shape index (κ2) is 8.83. The molecule has 2 aromatic heterocycles. The van der Waals surface area contributed by atoms with E-state index in [9.17, 15) is 9.59 Å². The van der Waals surface area contributed by atoms with Gasteiger partial charge in [0.2, 0.25) is 0 Å². The van der Waals surface area contributed by atoms with Crippen LogP contribution in [0.15, 0.2) is 55.0 Å². The molecule has 3 rings (SSSR count). The number of esters is 2. The Morgan fingerprint density at radius 1 is 1.14 bits per heavy atom. The Kier molecular flexibility index (Phi) is 6.03. The Balaban J connectivity index is 1.86. The summed E-state index contributed by atoms with van der Waals surface area (Å²) >= 11 is 0. The minimum Gasteiger partial charge on any atom is -0.493 e. The molecule has 1 aromatic carbocycles. The maximum atomic E-state index is 12.8. The number of benzene rings is 1. The molecule has 0 aliphatic heterocycles. The third-order valence-electron chi connectivity index (χ3n) is 3.99. The van der Waals surface area contributed by atoms with E-state index in [-0.39, 0.29) is 5.75 Å². The van der Waals surface area contributed by atoms with Gasteiger partial charge in [0.25, 0.3) is 0 Å². The highest BCUT2D eigenvalue weighted by atomic mass is 16.6. The maximum Gasteiger partial charge on any atom is 0.347 e. The lowest BCUT2D eigenvalue weighted by atomic mass is 10.1. The van der Waals surface area contributed by atoms with Crippen molar-refractivity contribution in [3.8, 4) is 22.8 Å². The number of nitrogens with zero attached hydrogens (tertiary/aromatic N) is 3. The molecule has 0 aliphatic rings. The molecule has 0 radical (unpaired) electrons. The fourth-order valence-electron chi connectivity index (χ4n) is 2.61. The average Bonchev–Trinajstić information content (AvgIpc) is 3.15. The van der Waals surface area contributed by atoms with Gasteiger partial charge in [0.05, 0.1) is 14.2 Å². The van der Waals surface area contributed by atoms with Gasteiger partial charge in [-0.3, -0.25) is 9.67 Å². The first-order valence-electron chi connectivity index (χ1n) is 8.62. The monoisotopic (exact) mass is 393 g/mol. The van der Waals surface area contributed by atoms with E-state index in [0.29, 0.717) is 28.1 Å². The van der Waals surface area contributed by atoms with Crippen LogP contribution in [0, 0.1) is 0 Å². The van der Waals surface area contributed by atoms with Crippen LogP contribution in [0.3, 0.4) is 0 Å². The van der Waals surface area contributed by atoms with Crippen LogP contribution >= 0.6 is 0 Å². The first kappa shape index (κ1) is 19.8. The quantitative estimate of drug-likeness (QED) is 0.361. The number of carbonyl (C=O) groups is 2. The predicted octanol–water partition coefficient (Wildman–Crippen LogP) is 2.90. The molecule has 0 amide bonds. The van der Waals surface area contributed by atoms with Crippen molar-refractivity contribution < 1.29 is 23.8 Å². The van der Waals surface area contributed by atoms with Crippen LogP contribution in [0.1, 0.15) is 15.9 Å². The van der Waals surface area contributed by atoms with E-state index in [2.05, 4.69) is 14.8 Å². The third kappa shape index (κ3) is 4.67. The number of rotatable bonds is 6. The molecular weight excluding hydrogens is 374 g/mol. The van der Waals surface area contributed by atoms with E-state index in [1.165, 1.54) is 25.0 Å². The number of hydrogen-bond acceptors (Lipinski definition) is 7. The molecule has 0 unspecified atom stereocenters. The Hall–Kier alpha value is -3.94. The molecule has 29 heavy (non-hydrogen) atoms. The Bertz CT molecular complexity index is 1060. The lowest BCUT2D eigenvalue weighted by Crippen LogP contribution is -2.10. The minimum atomic E-state index is -0.576. The summed E-state index contributed by atoms with van der Waals surface area (Å²) in [6, 6.07) is 8.51. The summed E-state index contributed by atoms with van der Waals surface area (Å²) in [5, 5.41) is 4.34. The smallest absolute Gasteiger partial charge is 0.347 e. The zero-order valence-corrected chi connectivity index (χ0v) is 16.2. The maximum absolute atomic E-state index is 12.8. The summed E-state index contributed by atoms with van der Waals surface area (Å²) in [5.41, 5.74) is 2.17. The zero-order valence-electron chi connectivity index (χ0n) is 16.2. The van der Waals surface area contributed by atoms with Crippen molar-refractivity contribution in [1.82, 2.24) is 14.8 Å². The number of hydrogen-bond donors (Lipinski definition) is 0. The zero-order chi connectivity index (χ0) is 20.8. The van der Waals surface area contributed by atoms with Gasteiger partial charge in [0.15, 0.2) is 11.5 Å². The average molecular weight is 393 g/mol. The minimum absolute atomic E-state index is 0.244. The van der Waals surface area contributed by atoms with Gasteiger partial charge in [-0.25, -0.2) is 9.59 Å². The number of ether oxygens (including phenoxy) is 3. The summed E-state index contributed by atoms with van der Waals surface area (Å²) < 4.78 is 17.0. The highest BCUT2D eigenvalue weighted by Crippen LogP contribution is 2.30. The van der Waals surface area contributed by atoms with Crippen LogP contribution in [0.4, 0.5) is 0 Å². The Morgan fingerprint density at radius 2 is 1.97 bits per heavy atom. The van der Waals surface area contributed by atoms with Crippen LogP contribution in [0.25, 0.3) is 17.3 Å². The second-order valence-corrected chi connectivity index (χ2v) is 5.96. The van der Waals surface area contributed by atoms with E-state index in [4.69, 9.17) is 9.47 Å². The van der Waals surface area contributed by atoms with E-state index >= 15 is 0 Å². The highest BCUT2D eigenvalue weighted by molar-refractivity contribution is 5.97. The van der Waals surface area contributed by atoms with Gasteiger partial charge in [-0.05, 0) is 35.9 Å². The first-order chi connectivity index (χ1) is 14.0. The van der Waals surface area contributed by atoms with Crippen molar-refractivity contribution >= 4 is 18.0 Å². The molecule has 0 fully saturated rings. The van der Waals surface area contributed by atoms with E-state index in [0.717, 1.165) is 0 Å². The molecular formula is C21H19N3O5. The van der Waals surface area contributed by atoms with Gasteiger partial charge < -0.3 is 14.2 Å². The summed E-state index contributed by atoms with van der Waals surface area (Å²) in [6.45, 7) is 0. The number of aryl methyl sites for hydroxylation is 1. The molecule has 2 heterocycles. The largest absolute Gasteiger partial charge is 0.493 e. The van der Waals surface area contributed by atoms with Gasteiger partial charge >= 0.3 is 11.9 Å². The molecule has 0 spiro atoms. The molecule has 0 saturated heterocycles. The molecule has 0 aliphatic carbocycles. The molecule has 3 aromatic rings. The molecule has 0 atom stereocenters. The predicted molar refractivity (Wildman–Crippen MR) is 105 cm³/mol. The third-order valence-corrected chi connectivity index (χ3v) is 3.99. The highest BCUT2D eigenvalue weighted by Gasteiger charge is 2.20. The van der Waals surface area contributed by atoms with Crippen molar-refractivity contribution in [2.45, 2.75) is 0 Å². The SMILES string of the molecule is COC(=O)C=Cc1ccc(OC(=O)c2cn(C)nc2-c2cccnc2)c(OC)c1. The second-order valence-electron chi connectivity index (χ2n) is 5.96.